The summed E-state index contributed by atoms with van der Waals surface area (Å²) >= 11 is 0. The third-order valence-electron chi connectivity index (χ3n) is 4.07. The van der Waals surface area contributed by atoms with Gasteiger partial charge in [-0.1, -0.05) is 6.58 Å². The van der Waals surface area contributed by atoms with Gasteiger partial charge in [0.1, 0.15) is 17.5 Å². The number of nitrogens with one attached hydrogen (secondary N) is 2. The number of nitrogens with zero attached hydrogens (tertiary/aromatic N) is 1. The Bertz CT molecular complexity index is 806. The highest BCUT2D eigenvalue weighted by Crippen LogP contribution is 2.23. The Balaban J connectivity index is 2.20. The van der Waals surface area contributed by atoms with E-state index in [9.17, 15) is 18.8 Å². The summed E-state index contributed by atoms with van der Waals surface area (Å²) in [5.74, 6) is -1.77. The molecule has 1 saturated heterocycles. The Hall–Kier alpha value is -2.94. The highest BCUT2D eigenvalue weighted by molar-refractivity contribution is 6.00. The van der Waals surface area contributed by atoms with Gasteiger partial charge >= 0.3 is 6.09 Å². The second-order valence-electron chi connectivity index (χ2n) is 7.57. The number of morpholine rings is 1. The van der Waals surface area contributed by atoms with Crippen molar-refractivity contribution in [2.45, 2.75) is 45.4 Å². The topological polar surface area (TPSA) is 97.0 Å². The Kier molecular flexibility index (Phi) is 6.97. The van der Waals surface area contributed by atoms with Crippen molar-refractivity contribution in [2.24, 2.45) is 0 Å². The van der Waals surface area contributed by atoms with Crippen LogP contribution in [-0.4, -0.2) is 53.7 Å². The van der Waals surface area contributed by atoms with Crippen LogP contribution in [-0.2, 0) is 19.1 Å². The highest BCUT2D eigenvalue weighted by Gasteiger charge is 2.40. The van der Waals surface area contributed by atoms with E-state index >= 15 is 0 Å². The minimum absolute atomic E-state index is 0.107. The molecule has 9 heteroatoms. The SMILES string of the molecule is C=CC(=O)Nc1cc(NC(=O)[C@@H]2[C@@H](C)OCCN2C(=O)OC(C)(C)C)ccc1F. The first kappa shape index (κ1) is 22.4. The number of anilines is 2. The summed E-state index contributed by atoms with van der Waals surface area (Å²) in [5, 5.41) is 4.96. The van der Waals surface area contributed by atoms with E-state index in [0.29, 0.717) is 0 Å². The van der Waals surface area contributed by atoms with Crippen molar-refractivity contribution in [1.29, 1.82) is 0 Å². The van der Waals surface area contributed by atoms with Gasteiger partial charge in [-0.2, -0.15) is 0 Å². The predicted octanol–water partition coefficient (Wildman–Crippen LogP) is 2.91. The van der Waals surface area contributed by atoms with E-state index in [2.05, 4.69) is 17.2 Å². The molecule has 158 valence electrons. The van der Waals surface area contributed by atoms with Crippen LogP contribution >= 0.6 is 0 Å². The van der Waals surface area contributed by atoms with Crippen LogP contribution in [0.1, 0.15) is 27.7 Å². The summed E-state index contributed by atoms with van der Waals surface area (Å²) in [7, 11) is 0. The molecule has 0 spiro atoms. The zero-order valence-corrected chi connectivity index (χ0v) is 17.0. The third kappa shape index (κ3) is 6.02. The fourth-order valence-electron chi connectivity index (χ4n) is 2.80. The first-order chi connectivity index (χ1) is 13.5. The maximum atomic E-state index is 13.9. The average Bonchev–Trinajstić information content (AvgIpc) is 2.62. The highest BCUT2D eigenvalue weighted by atomic mass is 19.1. The van der Waals surface area contributed by atoms with Gasteiger partial charge in [-0.05, 0) is 52.0 Å². The number of carbonyl (C=O) groups is 3. The summed E-state index contributed by atoms with van der Waals surface area (Å²) in [4.78, 5) is 38.2. The molecule has 2 atom stereocenters. The number of hydrogen-bond acceptors (Lipinski definition) is 5. The largest absolute Gasteiger partial charge is 0.444 e. The van der Waals surface area contributed by atoms with Crippen molar-refractivity contribution in [1.82, 2.24) is 4.90 Å². The van der Waals surface area contributed by atoms with Crippen LogP contribution < -0.4 is 10.6 Å². The third-order valence-corrected chi connectivity index (χ3v) is 4.07. The lowest BCUT2D eigenvalue weighted by Crippen LogP contribution is -2.58. The number of carbonyl (C=O) groups excluding carboxylic acids is 3. The maximum absolute atomic E-state index is 13.9. The van der Waals surface area contributed by atoms with E-state index < -0.39 is 41.5 Å². The summed E-state index contributed by atoms with van der Waals surface area (Å²) in [6.45, 7) is 10.7. The van der Waals surface area contributed by atoms with E-state index in [1.54, 1.807) is 27.7 Å². The monoisotopic (exact) mass is 407 g/mol. The van der Waals surface area contributed by atoms with Crippen molar-refractivity contribution in [3.05, 3.63) is 36.7 Å². The molecule has 2 rings (SSSR count). The van der Waals surface area contributed by atoms with Gasteiger partial charge in [0.15, 0.2) is 0 Å². The van der Waals surface area contributed by atoms with Crippen molar-refractivity contribution in [2.75, 3.05) is 23.8 Å². The molecule has 0 radical (unpaired) electrons. The second kappa shape index (κ2) is 9.04. The van der Waals surface area contributed by atoms with E-state index in [1.165, 1.54) is 17.0 Å². The molecule has 0 unspecified atom stereocenters. The van der Waals surface area contributed by atoms with Crippen LogP contribution in [0, 0.1) is 5.82 Å². The maximum Gasteiger partial charge on any atom is 0.411 e. The summed E-state index contributed by atoms with van der Waals surface area (Å²) in [5.41, 5.74) is -0.572. The Morgan fingerprint density at radius 1 is 1.31 bits per heavy atom. The molecule has 0 saturated carbocycles. The minimum Gasteiger partial charge on any atom is -0.444 e. The molecule has 1 aliphatic heterocycles. The lowest BCUT2D eigenvalue weighted by Gasteiger charge is -2.39. The van der Waals surface area contributed by atoms with Gasteiger partial charge in [-0.25, -0.2) is 9.18 Å². The molecule has 3 amide bonds. The van der Waals surface area contributed by atoms with E-state index in [-0.39, 0.29) is 24.5 Å². The quantitative estimate of drug-likeness (QED) is 0.748. The molecule has 0 aromatic heterocycles. The van der Waals surface area contributed by atoms with Crippen LogP contribution in [0.15, 0.2) is 30.9 Å². The molecular weight excluding hydrogens is 381 g/mol. The molecule has 1 heterocycles. The molecule has 8 nitrogen and oxygen atoms in total. The number of rotatable bonds is 4. The second-order valence-corrected chi connectivity index (χ2v) is 7.57. The molecule has 1 aromatic rings. The molecule has 0 aliphatic carbocycles. The first-order valence-corrected chi connectivity index (χ1v) is 9.17. The number of halogens is 1. The summed E-state index contributed by atoms with van der Waals surface area (Å²) < 4.78 is 24.8. The molecule has 2 N–H and O–H groups in total. The van der Waals surface area contributed by atoms with Crippen molar-refractivity contribution in [3.8, 4) is 0 Å². The van der Waals surface area contributed by atoms with Gasteiger partial charge in [0.2, 0.25) is 11.8 Å². The Morgan fingerprint density at radius 3 is 2.62 bits per heavy atom. The van der Waals surface area contributed by atoms with Gasteiger partial charge < -0.3 is 20.1 Å². The summed E-state index contributed by atoms with van der Waals surface area (Å²) in [6, 6.07) is 2.81. The fourth-order valence-corrected chi connectivity index (χ4v) is 2.80. The average molecular weight is 407 g/mol. The molecular formula is C20H26FN3O5. The van der Waals surface area contributed by atoms with E-state index in [4.69, 9.17) is 9.47 Å². The molecule has 29 heavy (non-hydrogen) atoms. The van der Waals surface area contributed by atoms with Crippen LogP contribution in [0.25, 0.3) is 0 Å². The molecule has 1 aliphatic rings. The van der Waals surface area contributed by atoms with Gasteiger partial charge in [0.25, 0.3) is 0 Å². The van der Waals surface area contributed by atoms with E-state index in [0.717, 1.165) is 12.1 Å². The van der Waals surface area contributed by atoms with Gasteiger partial charge in [0.05, 0.1) is 18.4 Å². The van der Waals surface area contributed by atoms with Gasteiger partial charge in [-0.15, -0.1) is 0 Å². The number of hydrogen-bond donors (Lipinski definition) is 2. The zero-order valence-electron chi connectivity index (χ0n) is 17.0. The van der Waals surface area contributed by atoms with Crippen molar-refractivity contribution < 1.29 is 28.2 Å². The standard InChI is InChI=1S/C20H26FN3O5/c1-6-16(25)23-15-11-13(7-8-14(15)21)22-18(26)17-12(2)28-10-9-24(17)19(27)29-20(3,4)5/h6-8,11-12,17H,1,9-10H2,2-5H3,(H,22,26)(H,23,25)/t12-,17+/m1/s1. The number of amides is 3. The van der Waals surface area contributed by atoms with Crippen molar-refractivity contribution in [3.63, 3.8) is 0 Å². The van der Waals surface area contributed by atoms with Gasteiger partial charge in [0, 0.05) is 12.2 Å². The van der Waals surface area contributed by atoms with Gasteiger partial charge in [-0.3, -0.25) is 14.5 Å². The smallest absolute Gasteiger partial charge is 0.411 e. The minimum atomic E-state index is -0.935. The van der Waals surface area contributed by atoms with Crippen LogP contribution in [0.2, 0.25) is 0 Å². The molecule has 1 fully saturated rings. The first-order valence-electron chi connectivity index (χ1n) is 9.17. The Labute approximate surface area is 169 Å². The van der Waals surface area contributed by atoms with E-state index in [1.807, 2.05) is 0 Å². The lowest BCUT2D eigenvalue weighted by atomic mass is 10.1. The Morgan fingerprint density at radius 2 is 2.00 bits per heavy atom. The molecule has 0 bridgehead atoms. The van der Waals surface area contributed by atoms with Crippen LogP contribution in [0.5, 0.6) is 0 Å². The predicted molar refractivity (Wildman–Crippen MR) is 106 cm³/mol. The van der Waals surface area contributed by atoms with Crippen LogP contribution in [0.3, 0.4) is 0 Å². The number of ether oxygens (including phenoxy) is 2. The zero-order chi connectivity index (χ0) is 21.8. The van der Waals surface area contributed by atoms with Crippen LogP contribution in [0.4, 0.5) is 20.6 Å². The lowest BCUT2D eigenvalue weighted by molar-refractivity contribution is -0.133. The fraction of sp³-hybridized carbons (Fsp3) is 0.450. The number of benzene rings is 1. The van der Waals surface area contributed by atoms with Crippen molar-refractivity contribution >= 4 is 29.3 Å². The molecule has 1 aromatic carbocycles. The normalized spacial score (nSPS) is 19.3. The summed E-state index contributed by atoms with van der Waals surface area (Å²) in [6.07, 6.45) is -0.188.